The predicted octanol–water partition coefficient (Wildman–Crippen LogP) is 3.10. The van der Waals surface area contributed by atoms with E-state index in [9.17, 15) is 4.79 Å². The third-order valence-electron chi connectivity index (χ3n) is 3.95. The molecule has 1 aromatic rings. The van der Waals surface area contributed by atoms with Gasteiger partial charge in [0.1, 0.15) is 0 Å². The lowest BCUT2D eigenvalue weighted by molar-refractivity contribution is -0.281. The van der Waals surface area contributed by atoms with Crippen molar-refractivity contribution in [2.24, 2.45) is 0 Å². The highest BCUT2D eigenvalue weighted by Gasteiger charge is 2.39. The molecule has 1 spiro atoms. The van der Waals surface area contributed by atoms with Crippen LogP contribution in [-0.4, -0.2) is 43.0 Å². The van der Waals surface area contributed by atoms with E-state index in [1.807, 2.05) is 12.1 Å². The zero-order valence-corrected chi connectivity index (χ0v) is 12.6. The van der Waals surface area contributed by atoms with E-state index in [-0.39, 0.29) is 6.03 Å². The zero-order chi connectivity index (χ0) is 14.7. The van der Waals surface area contributed by atoms with Crippen LogP contribution >= 0.6 is 11.6 Å². The molecule has 114 valence electrons. The summed E-state index contributed by atoms with van der Waals surface area (Å²) in [5.74, 6) is -0.473. The fourth-order valence-corrected chi connectivity index (χ4v) is 2.90. The number of urea groups is 1. The van der Waals surface area contributed by atoms with Crippen LogP contribution in [0.2, 0.25) is 5.02 Å². The number of likely N-dealkylation sites (tertiary alicyclic amines) is 1. The minimum Gasteiger partial charge on any atom is -0.350 e. The maximum absolute atomic E-state index is 12.3. The minimum absolute atomic E-state index is 0.131. The number of para-hydroxylation sites is 1. The summed E-state index contributed by atoms with van der Waals surface area (Å²) >= 11 is 6.05. The second kappa shape index (κ2) is 6.22. The summed E-state index contributed by atoms with van der Waals surface area (Å²) < 4.78 is 11.5. The molecule has 0 atom stereocenters. The first-order valence-electron chi connectivity index (χ1n) is 7.27. The third kappa shape index (κ3) is 3.31. The number of anilines is 1. The minimum atomic E-state index is -0.473. The summed E-state index contributed by atoms with van der Waals surface area (Å²) in [6.45, 7) is 2.73. The van der Waals surface area contributed by atoms with Crippen LogP contribution in [0.3, 0.4) is 0 Å². The lowest BCUT2D eigenvalue weighted by Crippen LogP contribution is -2.52. The van der Waals surface area contributed by atoms with Crippen LogP contribution in [0.5, 0.6) is 0 Å². The number of nitrogens with one attached hydrogen (secondary N) is 1. The lowest BCUT2D eigenvalue weighted by atomic mass is 10.0. The Morgan fingerprint density at radius 3 is 2.52 bits per heavy atom. The standard InChI is InChI=1S/C15H19ClN2O3/c16-12-4-1-2-5-13(12)17-14(19)18-8-6-15(7-9-18)20-10-3-11-21-15/h1-2,4-5H,3,6-11H2,(H,17,19). The zero-order valence-electron chi connectivity index (χ0n) is 11.8. The molecule has 0 aromatic heterocycles. The molecular formula is C15H19ClN2O3. The lowest BCUT2D eigenvalue weighted by Gasteiger charge is -2.43. The molecule has 21 heavy (non-hydrogen) atoms. The smallest absolute Gasteiger partial charge is 0.321 e. The van der Waals surface area contributed by atoms with Gasteiger partial charge in [-0.25, -0.2) is 4.79 Å². The van der Waals surface area contributed by atoms with E-state index in [0.717, 1.165) is 19.6 Å². The summed E-state index contributed by atoms with van der Waals surface area (Å²) in [5, 5.41) is 3.38. The molecule has 2 heterocycles. The van der Waals surface area contributed by atoms with Crippen LogP contribution in [-0.2, 0) is 9.47 Å². The Kier molecular flexibility index (Phi) is 4.33. The maximum atomic E-state index is 12.3. The van der Waals surface area contributed by atoms with Crippen LogP contribution in [0.1, 0.15) is 19.3 Å². The number of halogens is 1. The number of nitrogens with zero attached hydrogens (tertiary/aromatic N) is 1. The van der Waals surface area contributed by atoms with Gasteiger partial charge in [-0.05, 0) is 18.6 Å². The van der Waals surface area contributed by atoms with E-state index in [1.165, 1.54) is 0 Å². The second-order valence-electron chi connectivity index (χ2n) is 5.36. The van der Waals surface area contributed by atoms with Gasteiger partial charge in [-0.3, -0.25) is 0 Å². The Balaban J connectivity index is 1.57. The number of rotatable bonds is 1. The Labute approximate surface area is 129 Å². The van der Waals surface area contributed by atoms with Crippen molar-refractivity contribution in [3.8, 4) is 0 Å². The highest BCUT2D eigenvalue weighted by atomic mass is 35.5. The number of carbonyl (C=O) groups is 1. The van der Waals surface area contributed by atoms with Gasteiger partial charge >= 0.3 is 6.03 Å². The molecule has 2 fully saturated rings. The van der Waals surface area contributed by atoms with Crippen LogP contribution in [0.4, 0.5) is 10.5 Å². The van der Waals surface area contributed by atoms with Crippen LogP contribution in [0.15, 0.2) is 24.3 Å². The Hall–Kier alpha value is -1.30. The summed E-state index contributed by atoms with van der Waals surface area (Å²) in [6, 6.07) is 7.09. The van der Waals surface area contributed by atoms with E-state index in [1.54, 1.807) is 17.0 Å². The van der Waals surface area contributed by atoms with Crippen molar-refractivity contribution in [2.75, 3.05) is 31.6 Å². The van der Waals surface area contributed by atoms with Crippen molar-refractivity contribution in [3.05, 3.63) is 29.3 Å². The molecule has 0 radical (unpaired) electrons. The quantitative estimate of drug-likeness (QED) is 0.867. The van der Waals surface area contributed by atoms with Crippen LogP contribution in [0, 0.1) is 0 Å². The van der Waals surface area contributed by atoms with Gasteiger partial charge in [0.15, 0.2) is 5.79 Å². The van der Waals surface area contributed by atoms with E-state index < -0.39 is 5.79 Å². The number of piperidine rings is 1. The van der Waals surface area contributed by atoms with Crippen molar-refractivity contribution in [2.45, 2.75) is 25.0 Å². The van der Waals surface area contributed by atoms with Crippen LogP contribution in [0.25, 0.3) is 0 Å². The van der Waals surface area contributed by atoms with Gasteiger partial charge in [-0.15, -0.1) is 0 Å². The van der Waals surface area contributed by atoms with Crippen molar-refractivity contribution >= 4 is 23.3 Å². The molecule has 2 aliphatic heterocycles. The second-order valence-corrected chi connectivity index (χ2v) is 5.77. The molecule has 2 amide bonds. The third-order valence-corrected chi connectivity index (χ3v) is 4.28. The largest absolute Gasteiger partial charge is 0.350 e. The van der Waals surface area contributed by atoms with Crippen molar-refractivity contribution in [1.82, 2.24) is 4.90 Å². The number of benzene rings is 1. The first-order valence-corrected chi connectivity index (χ1v) is 7.65. The number of hydrogen-bond acceptors (Lipinski definition) is 3. The average Bonchev–Trinajstić information content (AvgIpc) is 2.51. The first-order chi connectivity index (χ1) is 10.2. The van der Waals surface area contributed by atoms with E-state index in [4.69, 9.17) is 21.1 Å². The predicted molar refractivity (Wildman–Crippen MR) is 80.5 cm³/mol. The number of carbonyl (C=O) groups excluding carboxylic acids is 1. The molecule has 5 nitrogen and oxygen atoms in total. The van der Waals surface area contributed by atoms with Gasteiger partial charge in [-0.2, -0.15) is 0 Å². The van der Waals surface area contributed by atoms with Crippen molar-refractivity contribution in [3.63, 3.8) is 0 Å². The maximum Gasteiger partial charge on any atom is 0.321 e. The molecule has 2 saturated heterocycles. The van der Waals surface area contributed by atoms with Crippen LogP contribution < -0.4 is 5.32 Å². The highest BCUT2D eigenvalue weighted by Crippen LogP contribution is 2.31. The summed E-state index contributed by atoms with van der Waals surface area (Å²) in [7, 11) is 0. The molecule has 1 aromatic carbocycles. The summed E-state index contributed by atoms with van der Waals surface area (Å²) in [4.78, 5) is 14.0. The first kappa shape index (κ1) is 14.6. The molecule has 6 heteroatoms. The molecule has 0 aliphatic carbocycles. The average molecular weight is 311 g/mol. The number of amides is 2. The van der Waals surface area contributed by atoms with Gasteiger partial charge < -0.3 is 19.7 Å². The Bertz CT molecular complexity index is 507. The van der Waals surface area contributed by atoms with Gasteiger partial charge in [0.05, 0.1) is 23.9 Å². The fraction of sp³-hybridized carbons (Fsp3) is 0.533. The van der Waals surface area contributed by atoms with Gasteiger partial charge in [0, 0.05) is 25.9 Å². The van der Waals surface area contributed by atoms with Gasteiger partial charge in [-0.1, -0.05) is 23.7 Å². The highest BCUT2D eigenvalue weighted by molar-refractivity contribution is 6.33. The molecule has 0 unspecified atom stereocenters. The van der Waals surface area contributed by atoms with Crippen molar-refractivity contribution < 1.29 is 14.3 Å². The molecule has 3 rings (SSSR count). The monoisotopic (exact) mass is 310 g/mol. The molecular weight excluding hydrogens is 292 g/mol. The topological polar surface area (TPSA) is 50.8 Å². The van der Waals surface area contributed by atoms with E-state index >= 15 is 0 Å². The summed E-state index contributed by atoms with van der Waals surface area (Å²) in [6.07, 6.45) is 2.37. The SMILES string of the molecule is O=C(Nc1ccccc1Cl)N1CCC2(CC1)OCCCO2. The van der Waals surface area contributed by atoms with Gasteiger partial charge in [0.2, 0.25) is 0 Å². The normalized spacial score (nSPS) is 21.3. The Morgan fingerprint density at radius 2 is 1.86 bits per heavy atom. The number of ether oxygens (including phenoxy) is 2. The molecule has 0 bridgehead atoms. The molecule has 1 N–H and O–H groups in total. The fourth-order valence-electron chi connectivity index (χ4n) is 2.71. The molecule has 2 aliphatic rings. The van der Waals surface area contributed by atoms with E-state index in [2.05, 4.69) is 5.32 Å². The summed E-state index contributed by atoms with van der Waals surface area (Å²) in [5.41, 5.74) is 0.634. The number of hydrogen-bond donors (Lipinski definition) is 1. The van der Waals surface area contributed by atoms with E-state index in [0.29, 0.717) is 36.6 Å². The molecule has 0 saturated carbocycles. The van der Waals surface area contributed by atoms with Gasteiger partial charge in [0.25, 0.3) is 0 Å². The van der Waals surface area contributed by atoms with Crippen molar-refractivity contribution in [1.29, 1.82) is 0 Å². The Morgan fingerprint density at radius 1 is 1.19 bits per heavy atom.